The highest BCUT2D eigenvalue weighted by Crippen LogP contribution is 2.35. The van der Waals surface area contributed by atoms with Gasteiger partial charge in [-0.1, -0.05) is 30.3 Å². The lowest BCUT2D eigenvalue weighted by molar-refractivity contribution is 0.0354. The molecule has 2 aromatic rings. The largest absolute Gasteiger partial charge is 0.396 e. The fraction of sp³-hybridized carbons (Fsp3) is 0.400. The molecule has 25 heavy (non-hydrogen) atoms. The number of benzene rings is 1. The first-order chi connectivity index (χ1) is 12.0. The van der Waals surface area contributed by atoms with Crippen molar-refractivity contribution >= 4 is 5.91 Å². The summed E-state index contributed by atoms with van der Waals surface area (Å²) in [6.07, 6.45) is 2.31. The van der Waals surface area contributed by atoms with Crippen LogP contribution in [0.4, 0.5) is 0 Å². The molecule has 1 amide bonds. The molecule has 0 aliphatic carbocycles. The molecule has 1 aliphatic rings. The molecule has 5 nitrogen and oxygen atoms in total. The Bertz CT molecular complexity index is 790. The van der Waals surface area contributed by atoms with Crippen LogP contribution in [0.15, 0.2) is 47.3 Å². The number of carbonyl (C=O) groups excluding carboxylic acids is 1. The quantitative estimate of drug-likeness (QED) is 0.895. The van der Waals surface area contributed by atoms with Gasteiger partial charge in [0.1, 0.15) is 5.69 Å². The summed E-state index contributed by atoms with van der Waals surface area (Å²) >= 11 is 0. The number of aryl methyl sites for hydroxylation is 1. The van der Waals surface area contributed by atoms with Crippen LogP contribution in [-0.2, 0) is 6.42 Å². The minimum atomic E-state index is -0.255. The molecule has 0 saturated carbocycles. The molecule has 1 aliphatic heterocycles. The highest BCUT2D eigenvalue weighted by molar-refractivity contribution is 5.92. The van der Waals surface area contributed by atoms with E-state index in [1.807, 2.05) is 18.2 Å². The van der Waals surface area contributed by atoms with E-state index < -0.39 is 0 Å². The maximum Gasteiger partial charge on any atom is 0.270 e. The zero-order valence-corrected chi connectivity index (χ0v) is 14.5. The second-order valence-electron chi connectivity index (χ2n) is 7.05. The third-order valence-electron chi connectivity index (χ3n) is 5.09. The maximum atomic E-state index is 12.7. The Morgan fingerprint density at radius 1 is 1.20 bits per heavy atom. The van der Waals surface area contributed by atoms with Crippen LogP contribution >= 0.6 is 0 Å². The Morgan fingerprint density at radius 2 is 1.88 bits per heavy atom. The summed E-state index contributed by atoms with van der Waals surface area (Å²) in [4.78, 5) is 28.6. The number of carbonyl (C=O) groups is 1. The zero-order valence-electron chi connectivity index (χ0n) is 14.5. The van der Waals surface area contributed by atoms with Crippen LogP contribution in [-0.4, -0.2) is 40.6 Å². The van der Waals surface area contributed by atoms with Gasteiger partial charge in [-0.3, -0.25) is 9.59 Å². The number of nitrogens with zero attached hydrogens (tertiary/aromatic N) is 1. The number of hydrogen-bond donors (Lipinski definition) is 2. The molecule has 0 bridgehead atoms. The van der Waals surface area contributed by atoms with E-state index in [1.54, 1.807) is 17.9 Å². The Balaban J connectivity index is 1.69. The number of aromatic amines is 1. The van der Waals surface area contributed by atoms with Crippen LogP contribution in [0.2, 0.25) is 0 Å². The monoisotopic (exact) mass is 340 g/mol. The third kappa shape index (κ3) is 3.99. The maximum absolute atomic E-state index is 12.7. The minimum Gasteiger partial charge on any atom is -0.396 e. The summed E-state index contributed by atoms with van der Waals surface area (Å²) in [6, 6.07) is 13.3. The van der Waals surface area contributed by atoms with E-state index in [4.69, 9.17) is 0 Å². The molecule has 1 aromatic carbocycles. The molecule has 0 unspecified atom stereocenters. The van der Waals surface area contributed by atoms with Crippen molar-refractivity contribution < 1.29 is 9.90 Å². The van der Waals surface area contributed by atoms with E-state index >= 15 is 0 Å². The summed E-state index contributed by atoms with van der Waals surface area (Å²) in [7, 11) is 0. The molecule has 5 heteroatoms. The fourth-order valence-corrected chi connectivity index (χ4v) is 3.57. The molecule has 1 fully saturated rings. The average Bonchev–Trinajstić information content (AvgIpc) is 2.62. The van der Waals surface area contributed by atoms with E-state index in [2.05, 4.69) is 17.1 Å². The Labute approximate surface area is 147 Å². The topological polar surface area (TPSA) is 73.4 Å². The van der Waals surface area contributed by atoms with Crippen molar-refractivity contribution in [2.75, 3.05) is 19.7 Å². The molecule has 0 spiro atoms. The molecule has 1 saturated heterocycles. The standard InChI is InChI=1S/C20H24N2O3/c1-15-11-17(21-18(24)12-15)19(25)22-9-7-20(14-23,8-10-22)13-16-5-3-2-4-6-16/h2-6,11-12,23H,7-10,13-14H2,1H3,(H,21,24). The number of aliphatic hydroxyl groups is 1. The van der Waals surface area contributed by atoms with Gasteiger partial charge in [-0.25, -0.2) is 0 Å². The predicted octanol–water partition coefficient (Wildman–Crippen LogP) is 2.14. The van der Waals surface area contributed by atoms with Crippen LogP contribution in [0.5, 0.6) is 0 Å². The number of rotatable bonds is 4. The van der Waals surface area contributed by atoms with Gasteiger partial charge in [0.15, 0.2) is 0 Å². The second kappa shape index (κ2) is 7.23. The van der Waals surface area contributed by atoms with Crippen molar-refractivity contribution in [3.05, 3.63) is 69.6 Å². The average molecular weight is 340 g/mol. The predicted molar refractivity (Wildman–Crippen MR) is 96.6 cm³/mol. The summed E-state index contributed by atoms with van der Waals surface area (Å²) in [5.74, 6) is -0.146. The first-order valence-electron chi connectivity index (χ1n) is 8.66. The number of amides is 1. The normalized spacial score (nSPS) is 16.6. The number of piperidine rings is 1. The van der Waals surface area contributed by atoms with Crippen molar-refractivity contribution in [3.8, 4) is 0 Å². The lowest BCUT2D eigenvalue weighted by Gasteiger charge is -2.41. The van der Waals surface area contributed by atoms with Gasteiger partial charge in [0.2, 0.25) is 5.56 Å². The summed E-state index contributed by atoms with van der Waals surface area (Å²) in [6.45, 7) is 3.09. The van der Waals surface area contributed by atoms with E-state index in [-0.39, 0.29) is 23.5 Å². The van der Waals surface area contributed by atoms with Crippen LogP contribution in [0, 0.1) is 12.3 Å². The highest BCUT2D eigenvalue weighted by atomic mass is 16.3. The number of H-pyrrole nitrogens is 1. The van der Waals surface area contributed by atoms with Gasteiger partial charge in [-0.15, -0.1) is 0 Å². The van der Waals surface area contributed by atoms with Crippen LogP contribution in [0.3, 0.4) is 0 Å². The van der Waals surface area contributed by atoms with Gasteiger partial charge in [-0.05, 0) is 43.4 Å². The van der Waals surface area contributed by atoms with E-state index in [1.165, 1.54) is 11.6 Å². The van der Waals surface area contributed by atoms with Crippen molar-refractivity contribution in [2.45, 2.75) is 26.2 Å². The van der Waals surface area contributed by atoms with Crippen molar-refractivity contribution in [1.82, 2.24) is 9.88 Å². The third-order valence-corrected chi connectivity index (χ3v) is 5.09. The number of hydrogen-bond acceptors (Lipinski definition) is 3. The minimum absolute atomic E-state index is 0.116. The van der Waals surface area contributed by atoms with Gasteiger partial charge in [0.25, 0.3) is 5.91 Å². The fourth-order valence-electron chi connectivity index (χ4n) is 3.57. The molecule has 132 valence electrons. The van der Waals surface area contributed by atoms with Crippen molar-refractivity contribution in [2.24, 2.45) is 5.41 Å². The van der Waals surface area contributed by atoms with E-state index in [9.17, 15) is 14.7 Å². The first kappa shape index (κ1) is 17.4. The van der Waals surface area contributed by atoms with Gasteiger partial charge in [0.05, 0.1) is 0 Å². The number of pyridine rings is 1. The molecular formula is C20H24N2O3. The summed E-state index contributed by atoms with van der Waals surface area (Å²) < 4.78 is 0. The molecular weight excluding hydrogens is 316 g/mol. The van der Waals surface area contributed by atoms with Gasteiger partial charge < -0.3 is 15.0 Å². The summed E-state index contributed by atoms with van der Waals surface area (Å²) in [5.41, 5.74) is 1.88. The number of aliphatic hydroxyl groups excluding tert-OH is 1. The second-order valence-corrected chi connectivity index (χ2v) is 7.05. The number of likely N-dealkylation sites (tertiary alicyclic amines) is 1. The lowest BCUT2D eigenvalue weighted by atomic mass is 9.74. The molecule has 1 aromatic heterocycles. The molecule has 0 radical (unpaired) electrons. The first-order valence-corrected chi connectivity index (χ1v) is 8.66. The van der Waals surface area contributed by atoms with Gasteiger partial charge in [-0.2, -0.15) is 0 Å². The molecule has 0 atom stereocenters. The Kier molecular flexibility index (Phi) is 5.04. The van der Waals surface area contributed by atoms with E-state index in [0.29, 0.717) is 18.8 Å². The van der Waals surface area contributed by atoms with Crippen molar-refractivity contribution in [1.29, 1.82) is 0 Å². The van der Waals surface area contributed by atoms with Crippen molar-refractivity contribution in [3.63, 3.8) is 0 Å². The van der Waals surface area contributed by atoms with Crippen LogP contribution in [0.25, 0.3) is 0 Å². The SMILES string of the molecule is Cc1cc(C(=O)N2CCC(CO)(Cc3ccccc3)CC2)[nH]c(=O)c1. The number of aromatic nitrogens is 1. The molecule has 2 N–H and O–H groups in total. The molecule has 3 rings (SSSR count). The lowest BCUT2D eigenvalue weighted by Crippen LogP contribution is -2.46. The van der Waals surface area contributed by atoms with Gasteiger partial charge in [0, 0.05) is 31.2 Å². The van der Waals surface area contributed by atoms with E-state index in [0.717, 1.165) is 24.8 Å². The van der Waals surface area contributed by atoms with Crippen LogP contribution < -0.4 is 5.56 Å². The Morgan fingerprint density at radius 3 is 2.48 bits per heavy atom. The molecule has 2 heterocycles. The Hall–Kier alpha value is -2.40. The summed E-state index contributed by atoms with van der Waals surface area (Å²) in [5, 5.41) is 9.97. The highest BCUT2D eigenvalue weighted by Gasteiger charge is 2.36. The number of nitrogens with one attached hydrogen (secondary N) is 1. The van der Waals surface area contributed by atoms with Gasteiger partial charge >= 0.3 is 0 Å². The van der Waals surface area contributed by atoms with Crippen LogP contribution in [0.1, 0.15) is 34.5 Å². The smallest absolute Gasteiger partial charge is 0.270 e. The zero-order chi connectivity index (χ0) is 17.9.